The van der Waals surface area contributed by atoms with E-state index in [9.17, 15) is 14.4 Å². The minimum absolute atomic E-state index is 0.227. The lowest BCUT2D eigenvalue weighted by atomic mass is 10.1. The molecule has 0 saturated heterocycles. The molecule has 1 aromatic carbocycles. The van der Waals surface area contributed by atoms with E-state index < -0.39 is 11.7 Å². The molecular weight excluding hydrogens is 522 g/mol. The van der Waals surface area contributed by atoms with Crippen LogP contribution in [0.5, 0.6) is 0 Å². The number of anilines is 1. The molecule has 0 aliphatic rings. The van der Waals surface area contributed by atoms with E-state index in [1.54, 1.807) is 51.2 Å². The van der Waals surface area contributed by atoms with Crippen LogP contribution in [0.1, 0.15) is 41.5 Å². The third-order valence-corrected chi connectivity index (χ3v) is 5.82. The van der Waals surface area contributed by atoms with E-state index in [0.717, 1.165) is 3.79 Å². The lowest BCUT2D eigenvalue weighted by molar-refractivity contribution is 0.0526. The highest BCUT2D eigenvalue weighted by Crippen LogP contribution is 2.34. The summed E-state index contributed by atoms with van der Waals surface area (Å²) in [5.41, 5.74) is 1.53. The smallest absolute Gasteiger partial charge is 0.407 e. The van der Waals surface area contributed by atoms with Gasteiger partial charge in [-0.15, -0.1) is 0 Å². The van der Waals surface area contributed by atoms with Gasteiger partial charge in [-0.2, -0.15) is 0 Å². The topological polar surface area (TPSA) is 122 Å². The van der Waals surface area contributed by atoms with E-state index in [0.29, 0.717) is 27.6 Å². The Hall–Kier alpha value is -3.31. The highest BCUT2D eigenvalue weighted by molar-refractivity contribution is 9.11. The third-order valence-electron chi connectivity index (χ3n) is 4.20. The molecule has 3 rings (SSSR count). The van der Waals surface area contributed by atoms with E-state index in [-0.39, 0.29) is 24.9 Å². The Balaban J connectivity index is 1.51. The Bertz CT molecular complexity index is 1160. The van der Waals surface area contributed by atoms with Gasteiger partial charge >= 0.3 is 6.09 Å². The SMILES string of the molecule is CC(C)(C)OC(=O)NCCNC(=O)c1ccc(C(=O)Nc2nc(-c3ccccn3)c(Br)s2)cc1. The van der Waals surface area contributed by atoms with Crippen LogP contribution in [0.25, 0.3) is 11.4 Å². The molecule has 0 spiro atoms. The van der Waals surface area contributed by atoms with Crippen molar-refractivity contribution in [2.75, 3.05) is 18.4 Å². The van der Waals surface area contributed by atoms with Crippen LogP contribution in [-0.4, -0.2) is 46.6 Å². The van der Waals surface area contributed by atoms with Gasteiger partial charge in [0.25, 0.3) is 11.8 Å². The minimum Gasteiger partial charge on any atom is -0.444 e. The molecule has 0 radical (unpaired) electrons. The fraction of sp³-hybridized carbons (Fsp3) is 0.261. The maximum atomic E-state index is 12.6. The molecular formula is C23H24BrN5O4S. The Morgan fingerprint density at radius 2 is 1.62 bits per heavy atom. The number of amides is 3. The quantitative estimate of drug-likeness (QED) is 0.376. The van der Waals surface area contributed by atoms with Crippen LogP contribution < -0.4 is 16.0 Å². The molecule has 0 fully saturated rings. The molecule has 2 heterocycles. The molecule has 0 atom stereocenters. The first-order valence-electron chi connectivity index (χ1n) is 10.4. The zero-order chi connectivity index (χ0) is 24.7. The van der Waals surface area contributed by atoms with Gasteiger partial charge < -0.3 is 15.4 Å². The number of ether oxygens (including phenoxy) is 1. The zero-order valence-corrected chi connectivity index (χ0v) is 21.2. The van der Waals surface area contributed by atoms with E-state index in [1.165, 1.54) is 11.3 Å². The van der Waals surface area contributed by atoms with Crippen molar-refractivity contribution in [2.24, 2.45) is 0 Å². The van der Waals surface area contributed by atoms with Crippen LogP contribution in [0.2, 0.25) is 0 Å². The number of nitrogens with zero attached hydrogens (tertiary/aromatic N) is 2. The van der Waals surface area contributed by atoms with E-state index in [2.05, 4.69) is 41.8 Å². The van der Waals surface area contributed by atoms with E-state index >= 15 is 0 Å². The van der Waals surface area contributed by atoms with E-state index in [4.69, 9.17) is 4.74 Å². The molecule has 0 saturated carbocycles. The van der Waals surface area contributed by atoms with Gasteiger partial charge in [0.15, 0.2) is 5.13 Å². The average Bonchev–Trinajstić information content (AvgIpc) is 3.16. The summed E-state index contributed by atoms with van der Waals surface area (Å²) < 4.78 is 5.89. The van der Waals surface area contributed by atoms with E-state index in [1.807, 2.05) is 18.2 Å². The van der Waals surface area contributed by atoms with Gasteiger partial charge in [0.2, 0.25) is 0 Å². The molecule has 178 valence electrons. The van der Waals surface area contributed by atoms with Gasteiger partial charge in [-0.1, -0.05) is 17.4 Å². The summed E-state index contributed by atoms with van der Waals surface area (Å²) >= 11 is 4.75. The largest absolute Gasteiger partial charge is 0.444 e. The van der Waals surface area contributed by atoms with Crippen LogP contribution in [0, 0.1) is 0 Å². The molecule has 0 aliphatic carbocycles. The lowest BCUT2D eigenvalue weighted by Crippen LogP contribution is -2.37. The van der Waals surface area contributed by atoms with Crippen LogP contribution >= 0.6 is 27.3 Å². The van der Waals surface area contributed by atoms with Crippen molar-refractivity contribution >= 4 is 50.3 Å². The third kappa shape index (κ3) is 7.35. The normalized spacial score (nSPS) is 10.9. The number of halogens is 1. The number of hydrogen-bond donors (Lipinski definition) is 3. The summed E-state index contributed by atoms with van der Waals surface area (Å²) in [6.45, 7) is 5.78. The summed E-state index contributed by atoms with van der Waals surface area (Å²) in [7, 11) is 0. The van der Waals surface area contributed by atoms with Crippen LogP contribution in [0.15, 0.2) is 52.4 Å². The van der Waals surface area contributed by atoms with Crippen molar-refractivity contribution < 1.29 is 19.1 Å². The fourth-order valence-electron chi connectivity index (χ4n) is 2.71. The van der Waals surface area contributed by atoms with Gasteiger partial charge in [0.05, 0.1) is 5.69 Å². The van der Waals surface area contributed by atoms with Crippen LogP contribution in [-0.2, 0) is 4.74 Å². The van der Waals surface area contributed by atoms with Crippen molar-refractivity contribution in [3.63, 3.8) is 0 Å². The molecule has 9 nitrogen and oxygen atoms in total. The van der Waals surface area contributed by atoms with Gasteiger partial charge in [-0.05, 0) is 73.1 Å². The monoisotopic (exact) mass is 545 g/mol. The highest BCUT2D eigenvalue weighted by Gasteiger charge is 2.17. The van der Waals surface area contributed by atoms with Crippen molar-refractivity contribution in [2.45, 2.75) is 26.4 Å². The predicted octanol–water partition coefficient (Wildman–Crippen LogP) is 4.47. The number of carbonyl (C=O) groups is 3. The summed E-state index contributed by atoms with van der Waals surface area (Å²) in [6.07, 6.45) is 1.13. The number of thiazole rings is 1. The minimum atomic E-state index is -0.585. The van der Waals surface area contributed by atoms with Gasteiger partial charge in [-0.3, -0.25) is 19.9 Å². The summed E-state index contributed by atoms with van der Waals surface area (Å²) in [4.78, 5) is 45.2. The maximum Gasteiger partial charge on any atom is 0.407 e. The number of hydrogen-bond acceptors (Lipinski definition) is 7. The van der Waals surface area contributed by atoms with Crippen LogP contribution in [0.4, 0.5) is 9.93 Å². The Morgan fingerprint density at radius 3 is 2.24 bits per heavy atom. The predicted molar refractivity (Wildman–Crippen MR) is 134 cm³/mol. The molecule has 0 unspecified atom stereocenters. The number of pyridine rings is 1. The average molecular weight is 546 g/mol. The molecule has 11 heteroatoms. The summed E-state index contributed by atoms with van der Waals surface area (Å²) in [5, 5.41) is 8.46. The second-order valence-electron chi connectivity index (χ2n) is 8.07. The first kappa shape index (κ1) is 25.3. The fourth-order valence-corrected chi connectivity index (χ4v) is 4.16. The Morgan fingerprint density at radius 1 is 0.971 bits per heavy atom. The van der Waals surface area contributed by atoms with Crippen molar-refractivity contribution in [1.29, 1.82) is 0 Å². The molecule has 2 aromatic heterocycles. The van der Waals surface area contributed by atoms with Crippen molar-refractivity contribution in [3.8, 4) is 11.4 Å². The Labute approximate surface area is 209 Å². The second kappa shape index (κ2) is 11.2. The molecule has 3 N–H and O–H groups in total. The second-order valence-corrected chi connectivity index (χ2v) is 10.4. The number of benzene rings is 1. The number of alkyl carbamates (subject to hydrolysis) is 1. The first-order chi connectivity index (χ1) is 16.1. The molecule has 3 amide bonds. The maximum absolute atomic E-state index is 12.6. The van der Waals surface area contributed by atoms with Gasteiger partial charge in [0.1, 0.15) is 15.1 Å². The summed E-state index contributed by atoms with van der Waals surface area (Å²) in [6, 6.07) is 11.8. The number of nitrogens with one attached hydrogen (secondary N) is 3. The number of rotatable bonds is 7. The number of aromatic nitrogens is 2. The van der Waals surface area contributed by atoms with Crippen LogP contribution in [0.3, 0.4) is 0 Å². The molecule has 3 aromatic rings. The van der Waals surface area contributed by atoms with Gasteiger partial charge in [-0.25, -0.2) is 9.78 Å². The summed E-state index contributed by atoms with van der Waals surface area (Å²) in [5.74, 6) is -0.663. The standard InChI is InChI=1S/C23H24BrN5O4S/c1-23(2,3)33-22(32)27-13-12-26-19(30)14-7-9-15(10-8-14)20(31)29-21-28-17(18(24)34-21)16-6-4-5-11-25-16/h4-11H,12-13H2,1-3H3,(H,26,30)(H,27,32)(H,28,29,31). The molecule has 34 heavy (non-hydrogen) atoms. The molecule has 0 bridgehead atoms. The van der Waals surface area contributed by atoms with Crippen molar-refractivity contribution in [3.05, 3.63) is 63.6 Å². The lowest BCUT2D eigenvalue weighted by Gasteiger charge is -2.19. The van der Waals surface area contributed by atoms with Gasteiger partial charge in [0, 0.05) is 30.4 Å². The zero-order valence-electron chi connectivity index (χ0n) is 18.8. The number of carbonyl (C=O) groups excluding carboxylic acids is 3. The highest BCUT2D eigenvalue weighted by atomic mass is 79.9. The van der Waals surface area contributed by atoms with Crippen molar-refractivity contribution in [1.82, 2.24) is 20.6 Å². The molecule has 0 aliphatic heterocycles. The Kier molecular flexibility index (Phi) is 8.35. The first-order valence-corrected chi connectivity index (χ1v) is 12.0.